The summed E-state index contributed by atoms with van der Waals surface area (Å²) in [6.07, 6.45) is 4.03. The maximum Gasteiger partial charge on any atom is 0.308 e. The zero-order chi connectivity index (χ0) is 18.8. The molecule has 134 valence electrons. The van der Waals surface area contributed by atoms with E-state index >= 15 is 0 Å². The van der Waals surface area contributed by atoms with Crippen LogP contribution in [0.25, 0.3) is 0 Å². The number of methoxy groups -OCH3 is 1. The molecule has 0 N–H and O–H groups in total. The molecule has 1 aliphatic carbocycles. The second-order valence-electron chi connectivity index (χ2n) is 6.49. The van der Waals surface area contributed by atoms with Gasteiger partial charge in [0.15, 0.2) is 11.6 Å². The lowest BCUT2D eigenvalue weighted by Crippen LogP contribution is -2.27. The summed E-state index contributed by atoms with van der Waals surface area (Å²) in [6.45, 7) is 5.66. The van der Waals surface area contributed by atoms with Crippen LogP contribution in [-0.4, -0.2) is 18.0 Å². The molecule has 0 aliphatic heterocycles. The lowest BCUT2D eigenvalue weighted by Gasteiger charge is -2.25. The fraction of sp³-hybridized carbons (Fsp3) is 0.333. The van der Waals surface area contributed by atoms with Gasteiger partial charge in [-0.25, -0.2) is 4.98 Å². The number of hydrogen-bond acceptors (Lipinski definition) is 3. The Bertz CT molecular complexity index is 924. The Morgan fingerprint density at radius 2 is 2.04 bits per heavy atom. The summed E-state index contributed by atoms with van der Waals surface area (Å²) >= 11 is 2.35. The molecule has 1 amide bonds. The van der Waals surface area contributed by atoms with E-state index in [1.807, 2.05) is 13.0 Å². The molecule has 4 nitrogen and oxygen atoms in total. The van der Waals surface area contributed by atoms with Crippen LogP contribution in [0.4, 0.5) is 11.5 Å². The summed E-state index contributed by atoms with van der Waals surface area (Å²) in [4.78, 5) is 19.1. The van der Waals surface area contributed by atoms with Gasteiger partial charge < -0.3 is 4.74 Å². The molecule has 0 unspecified atom stereocenters. The van der Waals surface area contributed by atoms with Crippen LogP contribution >= 0.6 is 22.6 Å². The zero-order valence-corrected chi connectivity index (χ0v) is 17.5. The largest absolute Gasteiger partial charge is 0.493 e. The summed E-state index contributed by atoms with van der Waals surface area (Å²) < 4.78 is 6.72. The highest BCUT2D eigenvalue weighted by Gasteiger charge is 2.32. The third kappa shape index (κ3) is 3.70. The summed E-state index contributed by atoms with van der Waals surface area (Å²) in [6, 6.07) is 6.13. The van der Waals surface area contributed by atoms with Gasteiger partial charge in [-0.05, 0) is 103 Å². The Hall–Kier alpha value is -2.07. The van der Waals surface area contributed by atoms with Crippen molar-refractivity contribution in [2.45, 2.75) is 39.5 Å². The van der Waals surface area contributed by atoms with E-state index in [4.69, 9.17) is 4.74 Å². The number of hydrogen-bond donors (Lipinski definition) is 0. The van der Waals surface area contributed by atoms with Crippen LogP contribution in [0.3, 0.4) is 0 Å². The van der Waals surface area contributed by atoms with Crippen molar-refractivity contribution in [3.05, 3.63) is 44.7 Å². The monoisotopic (exact) mass is 460 g/mol. The Kier molecular flexibility index (Phi) is 5.52. The van der Waals surface area contributed by atoms with Crippen molar-refractivity contribution >= 4 is 40.0 Å². The van der Waals surface area contributed by atoms with Crippen LogP contribution in [0.15, 0.2) is 24.4 Å². The van der Waals surface area contributed by atoms with Crippen LogP contribution in [0, 0.1) is 29.3 Å². The normalized spacial score (nSPS) is 13.0. The summed E-state index contributed by atoms with van der Waals surface area (Å²) in [5, 5.41) is 0. The van der Waals surface area contributed by atoms with Crippen molar-refractivity contribution in [2.75, 3.05) is 12.0 Å². The molecule has 1 heterocycles. The van der Waals surface area contributed by atoms with Gasteiger partial charge in [-0.1, -0.05) is 5.92 Å². The Morgan fingerprint density at radius 1 is 1.31 bits per heavy atom. The van der Waals surface area contributed by atoms with Crippen LogP contribution in [-0.2, 0) is 4.79 Å². The lowest BCUT2D eigenvalue weighted by atomic mass is 10.0. The molecule has 3 rings (SSSR count). The van der Waals surface area contributed by atoms with Crippen LogP contribution in [0.2, 0.25) is 0 Å². The van der Waals surface area contributed by atoms with E-state index < -0.39 is 0 Å². The molecule has 1 aromatic heterocycles. The molecule has 0 bridgehead atoms. The average Bonchev–Trinajstić information content (AvgIpc) is 3.44. The average molecular weight is 460 g/mol. The summed E-state index contributed by atoms with van der Waals surface area (Å²) in [5.41, 5.74) is 4.13. The van der Waals surface area contributed by atoms with E-state index in [1.54, 1.807) is 25.1 Å². The van der Waals surface area contributed by atoms with Gasteiger partial charge in [-0.3, -0.25) is 9.69 Å². The van der Waals surface area contributed by atoms with Gasteiger partial charge >= 0.3 is 5.91 Å². The third-order valence-electron chi connectivity index (χ3n) is 4.40. The number of pyridine rings is 1. The minimum Gasteiger partial charge on any atom is -0.493 e. The Labute approximate surface area is 168 Å². The second-order valence-corrected chi connectivity index (χ2v) is 7.65. The first-order valence-electron chi connectivity index (χ1n) is 8.53. The van der Waals surface area contributed by atoms with Crippen molar-refractivity contribution < 1.29 is 9.53 Å². The number of rotatable bonds is 4. The highest BCUT2D eigenvalue weighted by atomic mass is 127. The standard InChI is InChI=1S/C21H21IN2O2/c1-5-6-20(25)24(21-19(26-4)9-13(2)12-23-21)18-10-14(3)17(22)11-16(18)15-7-8-15/h9-12,15H,7-8H2,1-4H3. The molecule has 26 heavy (non-hydrogen) atoms. The number of carbonyl (C=O) groups is 1. The van der Waals surface area contributed by atoms with Crippen LogP contribution < -0.4 is 9.64 Å². The van der Waals surface area contributed by atoms with Crippen LogP contribution in [0.1, 0.15) is 42.4 Å². The van der Waals surface area contributed by atoms with Crippen molar-refractivity contribution in [1.29, 1.82) is 0 Å². The number of benzene rings is 1. The first-order valence-corrected chi connectivity index (χ1v) is 9.61. The predicted octanol–water partition coefficient (Wildman–Crippen LogP) is 4.88. The number of nitrogens with zero attached hydrogens (tertiary/aromatic N) is 2. The van der Waals surface area contributed by atoms with Gasteiger partial charge in [-0.2, -0.15) is 0 Å². The fourth-order valence-corrected chi connectivity index (χ4v) is 3.42. The molecular weight excluding hydrogens is 439 g/mol. The highest BCUT2D eigenvalue weighted by molar-refractivity contribution is 14.1. The van der Waals surface area contributed by atoms with E-state index in [2.05, 4.69) is 58.5 Å². The van der Waals surface area contributed by atoms with Gasteiger partial charge in [0.05, 0.1) is 12.8 Å². The molecule has 0 spiro atoms. The van der Waals surface area contributed by atoms with Crippen LogP contribution in [0.5, 0.6) is 5.75 Å². The molecular formula is C21H21IN2O2. The van der Waals surface area contributed by atoms with E-state index in [-0.39, 0.29) is 5.91 Å². The number of aromatic nitrogens is 1. The maximum absolute atomic E-state index is 12.9. The SMILES string of the molecule is CC#CC(=O)N(c1cc(C)c(I)cc1C1CC1)c1ncc(C)cc1OC. The molecule has 5 heteroatoms. The maximum atomic E-state index is 12.9. The number of aryl methyl sites for hydroxylation is 2. The molecule has 1 fully saturated rings. The number of halogens is 1. The predicted molar refractivity (Wildman–Crippen MR) is 112 cm³/mol. The van der Waals surface area contributed by atoms with Crippen molar-refractivity contribution in [3.63, 3.8) is 0 Å². The minimum absolute atomic E-state index is 0.301. The topological polar surface area (TPSA) is 42.4 Å². The summed E-state index contributed by atoms with van der Waals surface area (Å²) in [5.74, 6) is 6.61. The molecule has 0 saturated heterocycles. The highest BCUT2D eigenvalue weighted by Crippen LogP contribution is 2.47. The molecule has 1 aliphatic rings. The molecule has 1 aromatic carbocycles. The lowest BCUT2D eigenvalue weighted by molar-refractivity contribution is -0.112. The van der Waals surface area contributed by atoms with E-state index in [9.17, 15) is 4.79 Å². The quantitative estimate of drug-likeness (QED) is 0.483. The first kappa shape index (κ1) is 18.7. The summed E-state index contributed by atoms with van der Waals surface area (Å²) in [7, 11) is 1.59. The van der Waals surface area contributed by atoms with Gasteiger partial charge in [0.1, 0.15) is 0 Å². The van der Waals surface area contributed by atoms with Gasteiger partial charge in [0.25, 0.3) is 0 Å². The molecule has 0 radical (unpaired) electrons. The smallest absolute Gasteiger partial charge is 0.308 e. The number of amides is 1. The molecule has 0 atom stereocenters. The third-order valence-corrected chi connectivity index (χ3v) is 5.56. The molecule has 2 aromatic rings. The van der Waals surface area contributed by atoms with E-state index in [0.29, 0.717) is 17.5 Å². The Morgan fingerprint density at radius 3 is 2.65 bits per heavy atom. The zero-order valence-electron chi connectivity index (χ0n) is 15.4. The van der Waals surface area contributed by atoms with Gasteiger partial charge in [-0.15, -0.1) is 0 Å². The Balaban J connectivity index is 2.25. The number of ether oxygens (including phenoxy) is 1. The number of anilines is 2. The van der Waals surface area contributed by atoms with Crippen molar-refractivity contribution in [1.82, 2.24) is 4.98 Å². The van der Waals surface area contributed by atoms with Gasteiger partial charge in [0, 0.05) is 9.77 Å². The first-order chi connectivity index (χ1) is 12.5. The molecule has 1 saturated carbocycles. The van der Waals surface area contributed by atoms with E-state index in [0.717, 1.165) is 29.7 Å². The number of carbonyl (C=O) groups excluding carboxylic acids is 1. The fourth-order valence-electron chi connectivity index (χ4n) is 2.93. The van der Waals surface area contributed by atoms with E-state index in [1.165, 1.54) is 9.13 Å². The van der Waals surface area contributed by atoms with Crippen molar-refractivity contribution in [3.8, 4) is 17.6 Å². The van der Waals surface area contributed by atoms with Gasteiger partial charge in [0.2, 0.25) is 0 Å². The van der Waals surface area contributed by atoms with Crippen molar-refractivity contribution in [2.24, 2.45) is 0 Å². The second kappa shape index (κ2) is 7.67. The minimum atomic E-state index is -0.301.